The maximum Gasteiger partial charge on any atom is 0.244 e. The summed E-state index contributed by atoms with van der Waals surface area (Å²) in [5, 5.41) is 4.07. The van der Waals surface area contributed by atoms with Crippen LogP contribution in [0.25, 0.3) is 6.08 Å². The van der Waals surface area contributed by atoms with Crippen LogP contribution in [0.3, 0.4) is 0 Å². The predicted molar refractivity (Wildman–Crippen MR) is 87.2 cm³/mol. The molecule has 0 saturated heterocycles. The minimum Gasteiger partial charge on any atom is -0.350 e. The molecule has 0 aliphatic rings. The topological polar surface area (TPSA) is 29.1 Å². The molecule has 0 fully saturated rings. The van der Waals surface area contributed by atoms with Crippen LogP contribution in [0.4, 0.5) is 0 Å². The molecule has 0 bridgehead atoms. The highest BCUT2D eigenvalue weighted by Crippen LogP contribution is 2.21. The monoisotopic (exact) mass is 313 g/mol. The van der Waals surface area contributed by atoms with Gasteiger partial charge in [-0.2, -0.15) is 0 Å². The summed E-state index contributed by atoms with van der Waals surface area (Å²) in [4.78, 5) is 11.8. The molecule has 1 unspecified atom stereocenters. The SMILES string of the molecule is CCCCCC(C)NC(=O)/C=C/c1ccc(Cl)cc1Cl. The number of rotatable bonds is 7. The Morgan fingerprint density at radius 1 is 1.35 bits per heavy atom. The molecule has 0 aliphatic carbocycles. The number of benzene rings is 1. The fourth-order valence-corrected chi connectivity index (χ4v) is 2.34. The minimum atomic E-state index is -0.0972. The predicted octanol–water partition coefficient (Wildman–Crippen LogP) is 5.09. The third kappa shape index (κ3) is 6.44. The molecule has 0 aromatic heterocycles. The molecule has 0 saturated carbocycles. The molecule has 1 aromatic carbocycles. The first-order valence-electron chi connectivity index (χ1n) is 6.96. The summed E-state index contributed by atoms with van der Waals surface area (Å²) in [5.74, 6) is -0.0972. The van der Waals surface area contributed by atoms with Crippen molar-refractivity contribution in [3.05, 3.63) is 39.9 Å². The fourth-order valence-electron chi connectivity index (χ4n) is 1.87. The largest absolute Gasteiger partial charge is 0.350 e. The molecule has 1 aromatic rings. The number of nitrogens with one attached hydrogen (secondary N) is 1. The van der Waals surface area contributed by atoms with Crippen molar-refractivity contribution in [2.75, 3.05) is 0 Å². The van der Waals surface area contributed by atoms with Crippen molar-refractivity contribution in [1.82, 2.24) is 5.32 Å². The summed E-state index contributed by atoms with van der Waals surface area (Å²) in [6.45, 7) is 4.19. The van der Waals surface area contributed by atoms with Crippen LogP contribution in [-0.4, -0.2) is 11.9 Å². The van der Waals surface area contributed by atoms with Crippen LogP contribution in [0.2, 0.25) is 10.0 Å². The van der Waals surface area contributed by atoms with E-state index in [-0.39, 0.29) is 11.9 Å². The van der Waals surface area contributed by atoms with Crippen molar-refractivity contribution < 1.29 is 4.79 Å². The zero-order valence-corrected chi connectivity index (χ0v) is 13.5. The molecule has 0 aliphatic heterocycles. The molecule has 1 N–H and O–H groups in total. The highest BCUT2D eigenvalue weighted by atomic mass is 35.5. The summed E-state index contributed by atoms with van der Waals surface area (Å²) >= 11 is 11.9. The molecule has 1 rings (SSSR count). The van der Waals surface area contributed by atoms with Crippen molar-refractivity contribution in [1.29, 1.82) is 0 Å². The summed E-state index contributed by atoms with van der Waals surface area (Å²) in [7, 11) is 0. The Morgan fingerprint density at radius 3 is 2.75 bits per heavy atom. The highest BCUT2D eigenvalue weighted by molar-refractivity contribution is 6.35. The Bertz CT molecular complexity index is 472. The van der Waals surface area contributed by atoms with E-state index < -0.39 is 0 Å². The molecule has 2 nitrogen and oxygen atoms in total. The van der Waals surface area contributed by atoms with E-state index in [0.717, 1.165) is 18.4 Å². The number of unbranched alkanes of at least 4 members (excludes halogenated alkanes) is 2. The molecule has 1 amide bonds. The standard InChI is InChI=1S/C16H21Cl2NO/c1-3-4-5-6-12(2)19-16(20)10-8-13-7-9-14(17)11-15(13)18/h7-12H,3-6H2,1-2H3,(H,19,20)/b10-8+. The van der Waals surface area contributed by atoms with Gasteiger partial charge in [0, 0.05) is 22.2 Å². The lowest BCUT2D eigenvalue weighted by molar-refractivity contribution is -0.117. The van der Waals surface area contributed by atoms with Crippen molar-refractivity contribution in [2.45, 2.75) is 45.6 Å². The Balaban J connectivity index is 2.47. The lowest BCUT2D eigenvalue weighted by atomic mass is 10.1. The van der Waals surface area contributed by atoms with Gasteiger partial charge >= 0.3 is 0 Å². The first kappa shape index (κ1) is 17.1. The third-order valence-corrected chi connectivity index (χ3v) is 3.57. The van der Waals surface area contributed by atoms with Crippen molar-refractivity contribution in [3.63, 3.8) is 0 Å². The van der Waals surface area contributed by atoms with E-state index in [2.05, 4.69) is 12.2 Å². The van der Waals surface area contributed by atoms with Crippen LogP contribution in [0.15, 0.2) is 24.3 Å². The number of carbonyl (C=O) groups is 1. The first-order chi connectivity index (χ1) is 9.52. The molecule has 1 atom stereocenters. The van der Waals surface area contributed by atoms with Gasteiger partial charge in [0.1, 0.15) is 0 Å². The normalized spacial score (nSPS) is 12.6. The van der Waals surface area contributed by atoms with Crippen LogP contribution >= 0.6 is 23.2 Å². The molecular weight excluding hydrogens is 293 g/mol. The smallest absolute Gasteiger partial charge is 0.244 e. The summed E-state index contributed by atoms with van der Waals surface area (Å²) in [6.07, 6.45) is 7.75. The average Bonchev–Trinajstić information content (AvgIpc) is 2.38. The van der Waals surface area contributed by atoms with Gasteiger partial charge in [0.05, 0.1) is 0 Å². The number of carbonyl (C=O) groups excluding carboxylic acids is 1. The molecule has 0 radical (unpaired) electrons. The lowest BCUT2D eigenvalue weighted by Gasteiger charge is -2.11. The van der Waals surface area contributed by atoms with Crippen LogP contribution in [-0.2, 0) is 4.79 Å². The van der Waals surface area contributed by atoms with Crippen LogP contribution in [0.1, 0.15) is 45.1 Å². The van der Waals surface area contributed by atoms with Crippen LogP contribution < -0.4 is 5.32 Å². The Labute approximate surface area is 131 Å². The zero-order chi connectivity index (χ0) is 15.0. The maximum atomic E-state index is 11.8. The zero-order valence-electron chi connectivity index (χ0n) is 12.0. The first-order valence-corrected chi connectivity index (χ1v) is 7.72. The number of halogens is 2. The van der Waals surface area contributed by atoms with Gasteiger partial charge in [-0.25, -0.2) is 0 Å². The number of hydrogen-bond donors (Lipinski definition) is 1. The molecule has 0 spiro atoms. The Hall–Kier alpha value is -0.990. The molecule has 110 valence electrons. The second-order valence-corrected chi connectivity index (χ2v) is 5.75. The lowest BCUT2D eigenvalue weighted by Crippen LogP contribution is -2.30. The Morgan fingerprint density at radius 2 is 2.10 bits per heavy atom. The van der Waals surface area contributed by atoms with E-state index in [1.165, 1.54) is 18.9 Å². The van der Waals surface area contributed by atoms with Gasteiger partial charge in [-0.15, -0.1) is 0 Å². The minimum absolute atomic E-state index is 0.0972. The average molecular weight is 314 g/mol. The van der Waals surface area contributed by atoms with E-state index >= 15 is 0 Å². The summed E-state index contributed by atoms with van der Waals surface area (Å²) in [6, 6.07) is 5.39. The summed E-state index contributed by atoms with van der Waals surface area (Å²) < 4.78 is 0. The van der Waals surface area contributed by atoms with E-state index in [0.29, 0.717) is 10.0 Å². The molecular formula is C16H21Cl2NO. The van der Waals surface area contributed by atoms with E-state index in [4.69, 9.17) is 23.2 Å². The van der Waals surface area contributed by atoms with Crippen molar-refractivity contribution in [2.24, 2.45) is 0 Å². The van der Waals surface area contributed by atoms with Gasteiger partial charge < -0.3 is 5.32 Å². The van der Waals surface area contributed by atoms with Crippen molar-refractivity contribution in [3.8, 4) is 0 Å². The fraction of sp³-hybridized carbons (Fsp3) is 0.438. The van der Waals surface area contributed by atoms with E-state index in [1.807, 2.05) is 6.92 Å². The van der Waals surface area contributed by atoms with Gasteiger partial charge in [0.25, 0.3) is 0 Å². The van der Waals surface area contributed by atoms with E-state index in [1.54, 1.807) is 24.3 Å². The molecule has 0 heterocycles. The van der Waals surface area contributed by atoms with Gasteiger partial charge in [-0.05, 0) is 37.1 Å². The van der Waals surface area contributed by atoms with Gasteiger partial charge in [-0.1, -0.05) is 55.5 Å². The van der Waals surface area contributed by atoms with Gasteiger partial charge in [0.15, 0.2) is 0 Å². The van der Waals surface area contributed by atoms with Crippen LogP contribution in [0.5, 0.6) is 0 Å². The van der Waals surface area contributed by atoms with Crippen molar-refractivity contribution >= 4 is 35.2 Å². The second-order valence-electron chi connectivity index (χ2n) is 4.90. The van der Waals surface area contributed by atoms with Gasteiger partial charge in [-0.3, -0.25) is 4.79 Å². The number of amides is 1. The number of hydrogen-bond acceptors (Lipinski definition) is 1. The van der Waals surface area contributed by atoms with E-state index in [9.17, 15) is 4.79 Å². The Kier molecular flexibility index (Phi) is 7.71. The second kappa shape index (κ2) is 9.04. The maximum absolute atomic E-state index is 11.8. The summed E-state index contributed by atoms with van der Waals surface area (Å²) in [5.41, 5.74) is 0.782. The highest BCUT2D eigenvalue weighted by Gasteiger charge is 2.04. The van der Waals surface area contributed by atoms with Crippen LogP contribution in [0, 0.1) is 0 Å². The van der Waals surface area contributed by atoms with Gasteiger partial charge in [0.2, 0.25) is 5.91 Å². The quantitative estimate of drug-likeness (QED) is 0.551. The molecule has 20 heavy (non-hydrogen) atoms. The molecule has 4 heteroatoms. The third-order valence-electron chi connectivity index (χ3n) is 3.01.